The topological polar surface area (TPSA) is 48.4 Å². The molecule has 5 heterocycles. The van der Waals surface area contributed by atoms with E-state index >= 15 is 0 Å². The SMILES string of the molecule is Cc1ccc(SN2CCC(c3ncnc4cc(N5CCN(C)CC5)cnc34)CC2)s1. The molecule has 0 unspecified atom stereocenters. The van der Waals surface area contributed by atoms with Crippen LogP contribution in [0.5, 0.6) is 0 Å². The second kappa shape index (κ2) is 8.78. The summed E-state index contributed by atoms with van der Waals surface area (Å²) < 4.78 is 3.88. The molecule has 8 heteroatoms. The molecule has 2 fully saturated rings. The summed E-state index contributed by atoms with van der Waals surface area (Å²) in [5.74, 6) is 0.458. The number of anilines is 1. The van der Waals surface area contributed by atoms with Crippen LogP contribution < -0.4 is 4.90 Å². The van der Waals surface area contributed by atoms with Gasteiger partial charge < -0.3 is 9.80 Å². The zero-order chi connectivity index (χ0) is 20.5. The van der Waals surface area contributed by atoms with E-state index in [1.165, 1.54) is 14.8 Å². The third-order valence-electron chi connectivity index (χ3n) is 6.13. The Morgan fingerprint density at radius 1 is 1.00 bits per heavy atom. The van der Waals surface area contributed by atoms with Crippen LogP contribution in [0.3, 0.4) is 0 Å². The van der Waals surface area contributed by atoms with Gasteiger partial charge in [-0.15, -0.1) is 11.3 Å². The molecule has 30 heavy (non-hydrogen) atoms. The Morgan fingerprint density at radius 3 is 2.53 bits per heavy atom. The van der Waals surface area contributed by atoms with Crippen LogP contribution in [-0.2, 0) is 0 Å². The smallest absolute Gasteiger partial charge is 0.116 e. The van der Waals surface area contributed by atoms with Crippen LogP contribution in [0.4, 0.5) is 5.69 Å². The number of hydrogen-bond acceptors (Lipinski definition) is 8. The van der Waals surface area contributed by atoms with Crippen LogP contribution in [0.1, 0.15) is 29.3 Å². The number of nitrogens with zero attached hydrogens (tertiary/aromatic N) is 6. The number of thiophene rings is 1. The molecule has 0 aromatic carbocycles. The van der Waals surface area contributed by atoms with Gasteiger partial charge >= 0.3 is 0 Å². The average Bonchev–Trinajstić information content (AvgIpc) is 3.18. The molecule has 3 aromatic heterocycles. The molecule has 6 nitrogen and oxygen atoms in total. The molecular weight excluding hydrogens is 412 g/mol. The molecular formula is C22H28N6S2. The van der Waals surface area contributed by atoms with Gasteiger partial charge in [0.2, 0.25) is 0 Å². The van der Waals surface area contributed by atoms with Crippen LogP contribution >= 0.6 is 23.3 Å². The van der Waals surface area contributed by atoms with Gasteiger partial charge in [-0.2, -0.15) is 0 Å². The van der Waals surface area contributed by atoms with Crippen molar-refractivity contribution in [1.82, 2.24) is 24.2 Å². The zero-order valence-electron chi connectivity index (χ0n) is 17.6. The summed E-state index contributed by atoms with van der Waals surface area (Å²) in [4.78, 5) is 20.2. The van der Waals surface area contributed by atoms with E-state index in [-0.39, 0.29) is 0 Å². The van der Waals surface area contributed by atoms with Crippen LogP contribution in [0, 0.1) is 6.92 Å². The maximum atomic E-state index is 4.84. The molecule has 0 bridgehead atoms. The van der Waals surface area contributed by atoms with E-state index in [9.17, 15) is 0 Å². The first-order valence-corrected chi connectivity index (χ1v) is 12.3. The lowest BCUT2D eigenvalue weighted by molar-refractivity contribution is 0.313. The summed E-state index contributed by atoms with van der Waals surface area (Å²) in [6.45, 7) is 8.60. The van der Waals surface area contributed by atoms with Gasteiger partial charge in [-0.1, -0.05) is 0 Å². The van der Waals surface area contributed by atoms with Crippen molar-refractivity contribution in [1.29, 1.82) is 0 Å². The van der Waals surface area contributed by atoms with Gasteiger partial charge in [0.25, 0.3) is 0 Å². The van der Waals surface area contributed by atoms with Crippen LogP contribution in [0.2, 0.25) is 0 Å². The zero-order valence-corrected chi connectivity index (χ0v) is 19.3. The van der Waals surface area contributed by atoms with Gasteiger partial charge in [-0.25, -0.2) is 14.3 Å². The predicted octanol–water partition coefficient (Wildman–Crippen LogP) is 4.03. The van der Waals surface area contributed by atoms with Gasteiger partial charge in [0.1, 0.15) is 11.8 Å². The van der Waals surface area contributed by atoms with Gasteiger partial charge in [0.05, 0.1) is 27.3 Å². The van der Waals surface area contributed by atoms with Crippen molar-refractivity contribution in [3.05, 3.63) is 41.3 Å². The van der Waals surface area contributed by atoms with E-state index in [4.69, 9.17) is 4.98 Å². The summed E-state index contributed by atoms with van der Waals surface area (Å²) in [6.07, 6.45) is 5.98. The fourth-order valence-corrected chi connectivity index (χ4v) is 6.52. The van der Waals surface area contributed by atoms with E-state index in [1.54, 1.807) is 6.33 Å². The minimum absolute atomic E-state index is 0.458. The number of aromatic nitrogens is 3. The summed E-state index contributed by atoms with van der Waals surface area (Å²) in [5.41, 5.74) is 4.26. The second-order valence-electron chi connectivity index (χ2n) is 8.27. The third-order valence-corrected chi connectivity index (χ3v) is 8.34. The molecule has 2 saturated heterocycles. The predicted molar refractivity (Wildman–Crippen MR) is 126 cm³/mol. The van der Waals surface area contributed by atoms with Gasteiger partial charge in [-0.3, -0.25) is 4.98 Å². The van der Waals surface area contributed by atoms with Crippen LogP contribution in [0.15, 0.2) is 34.9 Å². The largest absolute Gasteiger partial charge is 0.368 e. The minimum atomic E-state index is 0.458. The maximum Gasteiger partial charge on any atom is 0.116 e. The highest BCUT2D eigenvalue weighted by Crippen LogP contribution is 2.36. The molecule has 0 radical (unpaired) electrons. The molecule has 0 N–H and O–H groups in total. The first-order chi connectivity index (χ1) is 14.7. The number of aryl methyl sites for hydroxylation is 1. The Morgan fingerprint density at radius 2 is 1.80 bits per heavy atom. The Balaban J connectivity index is 1.29. The summed E-state index contributed by atoms with van der Waals surface area (Å²) in [6, 6.07) is 6.63. The van der Waals surface area contributed by atoms with Crippen LogP contribution in [-0.4, -0.2) is 70.5 Å². The lowest BCUT2D eigenvalue weighted by Crippen LogP contribution is -2.44. The fourth-order valence-electron chi connectivity index (χ4n) is 4.30. The van der Waals surface area contributed by atoms with Gasteiger partial charge in [-0.05, 0) is 57.0 Å². The molecule has 0 spiro atoms. The summed E-state index contributed by atoms with van der Waals surface area (Å²) >= 11 is 3.78. The van der Waals surface area contributed by atoms with E-state index in [0.29, 0.717) is 5.92 Å². The van der Waals surface area contributed by atoms with E-state index in [1.807, 2.05) is 29.5 Å². The number of piperazine rings is 1. The molecule has 0 atom stereocenters. The monoisotopic (exact) mass is 440 g/mol. The van der Waals surface area contributed by atoms with Crippen molar-refractivity contribution in [2.45, 2.75) is 29.9 Å². The van der Waals surface area contributed by atoms with Crippen LogP contribution in [0.25, 0.3) is 11.0 Å². The van der Waals surface area contributed by atoms with Crippen molar-refractivity contribution in [3.63, 3.8) is 0 Å². The highest BCUT2D eigenvalue weighted by molar-refractivity contribution is 7.98. The lowest BCUT2D eigenvalue weighted by atomic mass is 9.93. The Labute approximate surface area is 186 Å². The molecule has 158 valence electrons. The summed E-state index contributed by atoms with van der Waals surface area (Å²) in [7, 11) is 2.18. The first kappa shape index (κ1) is 20.2. The molecule has 2 aliphatic heterocycles. The second-order valence-corrected chi connectivity index (χ2v) is 11.0. The molecule has 0 saturated carbocycles. The van der Waals surface area contributed by atoms with Gasteiger partial charge in [0, 0.05) is 50.1 Å². The number of fused-ring (bicyclic) bond motifs is 1. The normalized spacial score (nSPS) is 19.6. The maximum absolute atomic E-state index is 4.84. The Hall–Kier alpha value is -1.74. The highest BCUT2D eigenvalue weighted by atomic mass is 32.2. The van der Waals surface area contributed by atoms with E-state index in [0.717, 1.165) is 68.8 Å². The number of likely N-dealkylation sites (N-methyl/N-ethyl adjacent to an activating group) is 1. The molecule has 2 aliphatic rings. The first-order valence-electron chi connectivity index (χ1n) is 10.7. The van der Waals surface area contributed by atoms with E-state index in [2.05, 4.69) is 56.2 Å². The lowest BCUT2D eigenvalue weighted by Gasteiger charge is -2.34. The number of pyridine rings is 1. The number of hydrogen-bond donors (Lipinski definition) is 0. The minimum Gasteiger partial charge on any atom is -0.368 e. The average molecular weight is 441 g/mol. The van der Waals surface area contributed by atoms with E-state index < -0.39 is 0 Å². The number of piperidine rings is 1. The molecule has 0 aliphatic carbocycles. The summed E-state index contributed by atoms with van der Waals surface area (Å²) in [5, 5.41) is 0. The quantitative estimate of drug-likeness (QED) is 0.568. The van der Waals surface area contributed by atoms with Crippen molar-refractivity contribution in [2.75, 3.05) is 51.2 Å². The highest BCUT2D eigenvalue weighted by Gasteiger charge is 2.25. The van der Waals surface area contributed by atoms with Gasteiger partial charge in [0.15, 0.2) is 0 Å². The Bertz CT molecular complexity index is 1010. The van der Waals surface area contributed by atoms with Crippen molar-refractivity contribution >= 4 is 40.0 Å². The fraction of sp³-hybridized carbons (Fsp3) is 0.500. The molecule has 0 amide bonds. The molecule has 3 aromatic rings. The molecule has 5 rings (SSSR count). The van der Waals surface area contributed by atoms with Crippen molar-refractivity contribution < 1.29 is 0 Å². The Kier molecular flexibility index (Phi) is 5.91. The standard InChI is InChI=1S/C22H28N6S2/c1-16-3-4-20(29-16)30-28-7-5-17(6-8-28)21-22-19(24-15-25-21)13-18(14-23-22)27-11-9-26(2)10-12-27/h3-4,13-15,17H,5-12H2,1-2H3. The van der Waals surface area contributed by atoms with Crippen molar-refractivity contribution in [3.8, 4) is 0 Å². The third kappa shape index (κ3) is 4.32. The number of rotatable bonds is 4. The van der Waals surface area contributed by atoms with Crippen molar-refractivity contribution in [2.24, 2.45) is 0 Å².